The second kappa shape index (κ2) is 9.40. The third-order valence-corrected chi connectivity index (χ3v) is 4.67. The maximum atomic E-state index is 13.0. The topological polar surface area (TPSA) is 57.6 Å². The van der Waals surface area contributed by atoms with Gasteiger partial charge in [0.25, 0.3) is 0 Å². The molecular formula is C19H26FNO3. The fourth-order valence-electron chi connectivity index (χ4n) is 3.32. The molecule has 4 nitrogen and oxygen atoms in total. The number of rotatable bonds is 9. The van der Waals surface area contributed by atoms with Gasteiger partial charge in [0.1, 0.15) is 5.82 Å². The molecule has 24 heavy (non-hydrogen) atoms. The van der Waals surface area contributed by atoms with Gasteiger partial charge in [0.2, 0.25) is 5.91 Å². The number of aliphatic carboxylic acids is 1. The molecule has 0 unspecified atom stereocenters. The Bertz CT molecular complexity index is 538. The molecular weight excluding hydrogens is 309 g/mol. The van der Waals surface area contributed by atoms with E-state index in [0.717, 1.165) is 37.7 Å². The highest BCUT2D eigenvalue weighted by Gasteiger charge is 2.25. The summed E-state index contributed by atoms with van der Waals surface area (Å²) in [5.41, 5.74) is 1.03. The molecule has 0 aromatic heterocycles. The molecule has 132 valence electrons. The maximum Gasteiger partial charge on any atom is 0.303 e. The van der Waals surface area contributed by atoms with Gasteiger partial charge in [-0.2, -0.15) is 0 Å². The molecule has 0 heterocycles. The van der Waals surface area contributed by atoms with Crippen molar-refractivity contribution in [3.8, 4) is 0 Å². The molecule has 0 saturated heterocycles. The number of unbranched alkanes of at least 4 members (excludes halogenated alkanes) is 1. The van der Waals surface area contributed by atoms with Crippen molar-refractivity contribution >= 4 is 11.9 Å². The Morgan fingerprint density at radius 3 is 2.33 bits per heavy atom. The average Bonchev–Trinajstić information content (AvgIpc) is 3.07. The third kappa shape index (κ3) is 5.95. The zero-order valence-electron chi connectivity index (χ0n) is 14.0. The van der Waals surface area contributed by atoms with Crippen LogP contribution < -0.4 is 0 Å². The van der Waals surface area contributed by atoms with Gasteiger partial charge >= 0.3 is 5.97 Å². The first-order chi connectivity index (χ1) is 11.6. The number of carbonyl (C=O) groups excluding carboxylic acids is 1. The normalized spacial score (nSPS) is 14.7. The predicted octanol–water partition coefficient (Wildman–Crippen LogP) is 3.78. The van der Waals surface area contributed by atoms with Gasteiger partial charge < -0.3 is 10.0 Å². The zero-order valence-corrected chi connectivity index (χ0v) is 14.0. The second-order valence-corrected chi connectivity index (χ2v) is 6.50. The van der Waals surface area contributed by atoms with Crippen molar-refractivity contribution in [3.63, 3.8) is 0 Å². The van der Waals surface area contributed by atoms with Crippen molar-refractivity contribution in [2.24, 2.45) is 0 Å². The Morgan fingerprint density at radius 1 is 1.08 bits per heavy atom. The lowest BCUT2D eigenvalue weighted by Crippen LogP contribution is -2.40. The molecule has 1 fully saturated rings. The number of halogens is 1. The van der Waals surface area contributed by atoms with E-state index in [-0.39, 0.29) is 18.1 Å². The fraction of sp³-hybridized carbons (Fsp3) is 0.579. The number of carbonyl (C=O) groups is 2. The van der Waals surface area contributed by atoms with E-state index < -0.39 is 5.97 Å². The predicted molar refractivity (Wildman–Crippen MR) is 90.2 cm³/mol. The smallest absolute Gasteiger partial charge is 0.303 e. The van der Waals surface area contributed by atoms with Gasteiger partial charge in [0.15, 0.2) is 0 Å². The summed E-state index contributed by atoms with van der Waals surface area (Å²) in [4.78, 5) is 25.1. The summed E-state index contributed by atoms with van der Waals surface area (Å²) in [7, 11) is 0. The third-order valence-electron chi connectivity index (χ3n) is 4.67. The highest BCUT2D eigenvalue weighted by Crippen LogP contribution is 2.25. The van der Waals surface area contributed by atoms with Crippen LogP contribution in [0.3, 0.4) is 0 Å². The van der Waals surface area contributed by atoms with E-state index in [0.29, 0.717) is 31.8 Å². The fourth-order valence-corrected chi connectivity index (χ4v) is 3.32. The average molecular weight is 335 g/mol. The summed E-state index contributed by atoms with van der Waals surface area (Å²) in [6.45, 7) is 0.647. The largest absolute Gasteiger partial charge is 0.481 e. The number of hydrogen-bond donors (Lipinski definition) is 1. The van der Waals surface area contributed by atoms with Crippen molar-refractivity contribution in [3.05, 3.63) is 35.6 Å². The lowest BCUT2D eigenvalue weighted by atomic mass is 10.1. The van der Waals surface area contributed by atoms with E-state index in [9.17, 15) is 14.0 Å². The van der Waals surface area contributed by atoms with E-state index >= 15 is 0 Å². The quantitative estimate of drug-likeness (QED) is 0.699. The molecule has 1 saturated carbocycles. The number of carboxylic acid groups (broad SMARTS) is 1. The van der Waals surface area contributed by atoms with Crippen LogP contribution in [0, 0.1) is 5.82 Å². The minimum absolute atomic E-state index is 0.117. The van der Waals surface area contributed by atoms with E-state index in [2.05, 4.69) is 0 Å². The van der Waals surface area contributed by atoms with Gasteiger partial charge in [-0.3, -0.25) is 9.59 Å². The van der Waals surface area contributed by atoms with Crippen LogP contribution >= 0.6 is 0 Å². The Labute approximate surface area is 142 Å². The summed E-state index contributed by atoms with van der Waals surface area (Å²) in [6, 6.07) is 6.72. The molecule has 0 aliphatic heterocycles. The van der Waals surface area contributed by atoms with Gasteiger partial charge in [-0.15, -0.1) is 0 Å². The number of hydrogen-bond acceptors (Lipinski definition) is 2. The molecule has 5 heteroatoms. The van der Waals surface area contributed by atoms with Crippen LogP contribution in [0.2, 0.25) is 0 Å². The number of amides is 1. The molecule has 0 bridgehead atoms. The first kappa shape index (κ1) is 18.4. The van der Waals surface area contributed by atoms with E-state index in [1.807, 2.05) is 4.90 Å². The molecule has 1 N–H and O–H groups in total. The highest BCUT2D eigenvalue weighted by atomic mass is 19.1. The van der Waals surface area contributed by atoms with Crippen molar-refractivity contribution in [2.45, 2.75) is 63.8 Å². The van der Waals surface area contributed by atoms with Crippen molar-refractivity contribution in [2.75, 3.05) is 6.54 Å². The van der Waals surface area contributed by atoms with Crippen LogP contribution in [0.1, 0.15) is 56.9 Å². The van der Waals surface area contributed by atoms with Crippen LogP contribution in [0.5, 0.6) is 0 Å². The monoisotopic (exact) mass is 335 g/mol. The summed E-state index contributed by atoms with van der Waals surface area (Å²) in [6.07, 6.45) is 6.81. The molecule has 1 amide bonds. The highest BCUT2D eigenvalue weighted by molar-refractivity contribution is 5.76. The van der Waals surface area contributed by atoms with Crippen LogP contribution in [0.15, 0.2) is 24.3 Å². The van der Waals surface area contributed by atoms with Crippen molar-refractivity contribution in [1.82, 2.24) is 4.90 Å². The van der Waals surface area contributed by atoms with Crippen molar-refractivity contribution < 1.29 is 19.1 Å². The number of nitrogens with zero attached hydrogens (tertiary/aromatic N) is 1. The summed E-state index contributed by atoms with van der Waals surface area (Å²) >= 11 is 0. The first-order valence-corrected chi connectivity index (χ1v) is 8.82. The number of carboxylic acids is 1. The molecule has 1 aliphatic carbocycles. The standard InChI is InChI=1S/C19H26FNO3/c20-16-11-9-15(10-12-16)13-14-21(17-5-1-2-6-17)18(22)7-3-4-8-19(23)24/h9-12,17H,1-8,13-14H2,(H,23,24). The first-order valence-electron chi connectivity index (χ1n) is 8.82. The zero-order chi connectivity index (χ0) is 17.4. The maximum absolute atomic E-state index is 13.0. The van der Waals surface area contributed by atoms with E-state index in [1.165, 1.54) is 12.1 Å². The van der Waals surface area contributed by atoms with Crippen LogP contribution in [0.4, 0.5) is 4.39 Å². The molecule has 1 aromatic rings. The van der Waals surface area contributed by atoms with Crippen LogP contribution in [0.25, 0.3) is 0 Å². The Morgan fingerprint density at radius 2 is 1.71 bits per heavy atom. The summed E-state index contributed by atoms with van der Waals surface area (Å²) < 4.78 is 13.0. The van der Waals surface area contributed by atoms with Crippen LogP contribution in [-0.2, 0) is 16.0 Å². The lowest BCUT2D eigenvalue weighted by Gasteiger charge is -2.29. The molecule has 0 radical (unpaired) electrons. The van der Waals surface area contributed by atoms with Gasteiger partial charge in [-0.25, -0.2) is 4.39 Å². The van der Waals surface area contributed by atoms with Gasteiger partial charge in [-0.05, 0) is 49.8 Å². The Balaban J connectivity index is 1.87. The molecule has 0 atom stereocenters. The minimum atomic E-state index is -0.814. The van der Waals surface area contributed by atoms with E-state index in [1.54, 1.807) is 12.1 Å². The molecule has 2 rings (SSSR count). The number of benzene rings is 1. The minimum Gasteiger partial charge on any atom is -0.481 e. The van der Waals surface area contributed by atoms with E-state index in [4.69, 9.17) is 5.11 Å². The van der Waals surface area contributed by atoms with Gasteiger partial charge in [-0.1, -0.05) is 25.0 Å². The summed E-state index contributed by atoms with van der Waals surface area (Å²) in [5, 5.41) is 8.67. The molecule has 0 spiro atoms. The SMILES string of the molecule is O=C(O)CCCCC(=O)N(CCc1ccc(F)cc1)C1CCCC1. The lowest BCUT2D eigenvalue weighted by molar-refractivity contribution is -0.138. The second-order valence-electron chi connectivity index (χ2n) is 6.50. The van der Waals surface area contributed by atoms with Crippen LogP contribution in [-0.4, -0.2) is 34.5 Å². The van der Waals surface area contributed by atoms with Crippen molar-refractivity contribution in [1.29, 1.82) is 0 Å². The van der Waals surface area contributed by atoms with Gasteiger partial charge in [0.05, 0.1) is 0 Å². The molecule has 1 aromatic carbocycles. The summed E-state index contributed by atoms with van der Waals surface area (Å²) in [5.74, 6) is -0.943. The molecule has 1 aliphatic rings. The van der Waals surface area contributed by atoms with Gasteiger partial charge in [0, 0.05) is 25.4 Å². The Hall–Kier alpha value is -1.91. The Kier molecular flexibility index (Phi) is 7.22.